The first kappa shape index (κ1) is 14.7. The summed E-state index contributed by atoms with van der Waals surface area (Å²) >= 11 is 0. The summed E-state index contributed by atoms with van der Waals surface area (Å²) < 4.78 is 12.8. The molecule has 2 aromatic rings. The van der Waals surface area contributed by atoms with Crippen molar-refractivity contribution in [1.82, 2.24) is 5.01 Å². The van der Waals surface area contributed by atoms with Crippen LogP contribution >= 0.6 is 0 Å². The molecule has 0 bridgehead atoms. The molecule has 0 spiro atoms. The van der Waals surface area contributed by atoms with Crippen LogP contribution in [0.3, 0.4) is 0 Å². The molecule has 5 heteroatoms. The van der Waals surface area contributed by atoms with Gasteiger partial charge < -0.3 is 5.32 Å². The molecular formula is C16H16FN3O. The van der Waals surface area contributed by atoms with Crippen molar-refractivity contribution in [2.75, 3.05) is 12.4 Å². The van der Waals surface area contributed by atoms with Crippen LogP contribution in [0.15, 0.2) is 59.7 Å². The molecular weight excluding hydrogens is 269 g/mol. The number of hydrogen-bond acceptors (Lipinski definition) is 2. The highest BCUT2D eigenvalue weighted by molar-refractivity contribution is 5.89. The smallest absolute Gasteiger partial charge is 0.306 e. The predicted octanol–water partition coefficient (Wildman–Crippen LogP) is 3.52. The van der Waals surface area contributed by atoms with Crippen LogP contribution < -0.4 is 5.32 Å². The first-order valence-electron chi connectivity index (χ1n) is 6.52. The molecule has 0 aromatic heterocycles. The van der Waals surface area contributed by atoms with E-state index in [1.54, 1.807) is 37.5 Å². The normalized spacial score (nSPS) is 10.6. The number of hydrogen-bond donors (Lipinski definition) is 1. The third-order valence-electron chi connectivity index (χ3n) is 2.81. The van der Waals surface area contributed by atoms with Crippen molar-refractivity contribution in [3.63, 3.8) is 0 Å². The summed E-state index contributed by atoms with van der Waals surface area (Å²) in [7, 11) is 1.57. The molecule has 2 amide bonds. The van der Waals surface area contributed by atoms with E-state index in [9.17, 15) is 9.18 Å². The monoisotopic (exact) mass is 285 g/mol. The SMILES string of the molecule is CN(/N=C/Cc1ccc(F)cc1)C(=O)Nc1ccccc1. The van der Waals surface area contributed by atoms with E-state index in [-0.39, 0.29) is 11.8 Å². The van der Waals surface area contributed by atoms with Gasteiger partial charge in [-0.05, 0) is 29.8 Å². The van der Waals surface area contributed by atoms with E-state index in [2.05, 4.69) is 10.4 Å². The second-order valence-electron chi connectivity index (χ2n) is 4.45. The zero-order valence-corrected chi connectivity index (χ0v) is 11.7. The zero-order valence-electron chi connectivity index (χ0n) is 11.7. The Morgan fingerprint density at radius 1 is 1.19 bits per heavy atom. The Hall–Kier alpha value is -2.69. The fraction of sp³-hybridized carbons (Fsp3) is 0.125. The van der Waals surface area contributed by atoms with Gasteiger partial charge in [0.05, 0.1) is 0 Å². The molecule has 21 heavy (non-hydrogen) atoms. The average molecular weight is 285 g/mol. The summed E-state index contributed by atoms with van der Waals surface area (Å²) in [5, 5.41) is 7.98. The molecule has 0 unspecified atom stereocenters. The molecule has 0 saturated heterocycles. The molecule has 0 radical (unpaired) electrons. The average Bonchev–Trinajstić information content (AvgIpc) is 2.50. The lowest BCUT2D eigenvalue weighted by Gasteiger charge is -2.12. The summed E-state index contributed by atoms with van der Waals surface area (Å²) in [5.41, 5.74) is 1.64. The van der Waals surface area contributed by atoms with Gasteiger partial charge in [-0.2, -0.15) is 5.10 Å². The molecule has 0 heterocycles. The topological polar surface area (TPSA) is 44.7 Å². The molecule has 2 aromatic carbocycles. The van der Waals surface area contributed by atoms with Gasteiger partial charge in [0.1, 0.15) is 5.82 Å². The maximum absolute atomic E-state index is 12.8. The first-order valence-corrected chi connectivity index (χ1v) is 6.52. The lowest BCUT2D eigenvalue weighted by molar-refractivity contribution is 0.224. The van der Waals surface area contributed by atoms with E-state index >= 15 is 0 Å². The van der Waals surface area contributed by atoms with Gasteiger partial charge in [-0.15, -0.1) is 0 Å². The minimum Gasteiger partial charge on any atom is -0.306 e. The highest BCUT2D eigenvalue weighted by atomic mass is 19.1. The number of para-hydroxylation sites is 1. The Morgan fingerprint density at radius 3 is 2.52 bits per heavy atom. The van der Waals surface area contributed by atoms with Crippen LogP contribution in [0.25, 0.3) is 0 Å². The Morgan fingerprint density at radius 2 is 1.86 bits per heavy atom. The van der Waals surface area contributed by atoms with Gasteiger partial charge in [-0.1, -0.05) is 30.3 Å². The summed E-state index contributed by atoms with van der Waals surface area (Å²) in [6.45, 7) is 0. The largest absolute Gasteiger partial charge is 0.341 e. The third kappa shape index (κ3) is 4.72. The van der Waals surface area contributed by atoms with Crippen LogP contribution in [0.5, 0.6) is 0 Å². The quantitative estimate of drug-likeness (QED) is 0.678. The number of carbonyl (C=O) groups excluding carboxylic acids is 1. The van der Waals surface area contributed by atoms with E-state index < -0.39 is 0 Å². The zero-order chi connectivity index (χ0) is 15.1. The van der Waals surface area contributed by atoms with Crippen LogP contribution in [-0.4, -0.2) is 24.3 Å². The Kier molecular flexibility index (Phi) is 5.04. The Bertz CT molecular complexity index is 611. The molecule has 0 fully saturated rings. The number of halogens is 1. The van der Waals surface area contributed by atoms with Crippen LogP contribution in [0.4, 0.5) is 14.9 Å². The van der Waals surface area contributed by atoms with E-state index in [1.807, 2.05) is 18.2 Å². The van der Waals surface area contributed by atoms with E-state index in [0.717, 1.165) is 5.56 Å². The number of hydrazone groups is 1. The minimum atomic E-state index is -0.323. The fourth-order valence-corrected chi connectivity index (χ4v) is 1.67. The van der Waals surface area contributed by atoms with Crippen molar-refractivity contribution in [1.29, 1.82) is 0 Å². The van der Waals surface area contributed by atoms with Gasteiger partial charge in [-0.25, -0.2) is 14.2 Å². The van der Waals surface area contributed by atoms with Crippen molar-refractivity contribution in [2.45, 2.75) is 6.42 Å². The van der Waals surface area contributed by atoms with Gasteiger partial charge in [0.25, 0.3) is 0 Å². The molecule has 2 rings (SSSR count). The van der Waals surface area contributed by atoms with Gasteiger partial charge in [0, 0.05) is 25.4 Å². The Labute approximate surface area is 122 Å². The number of carbonyl (C=O) groups is 1. The van der Waals surface area contributed by atoms with Crippen molar-refractivity contribution in [2.24, 2.45) is 5.10 Å². The lowest BCUT2D eigenvalue weighted by atomic mass is 10.2. The van der Waals surface area contributed by atoms with E-state index in [4.69, 9.17) is 0 Å². The molecule has 4 nitrogen and oxygen atoms in total. The molecule has 0 aliphatic heterocycles. The number of urea groups is 1. The number of nitrogens with zero attached hydrogens (tertiary/aromatic N) is 2. The third-order valence-corrected chi connectivity index (χ3v) is 2.81. The lowest BCUT2D eigenvalue weighted by Crippen LogP contribution is -2.26. The maximum Gasteiger partial charge on any atom is 0.341 e. The highest BCUT2D eigenvalue weighted by Crippen LogP contribution is 2.06. The number of rotatable bonds is 4. The number of benzene rings is 2. The van der Waals surface area contributed by atoms with Gasteiger partial charge in [0.15, 0.2) is 0 Å². The van der Waals surface area contributed by atoms with Crippen LogP contribution in [0, 0.1) is 5.82 Å². The predicted molar refractivity (Wildman–Crippen MR) is 81.8 cm³/mol. The maximum atomic E-state index is 12.8. The minimum absolute atomic E-state index is 0.268. The molecule has 0 saturated carbocycles. The van der Waals surface area contributed by atoms with Crippen LogP contribution in [0.2, 0.25) is 0 Å². The second-order valence-corrected chi connectivity index (χ2v) is 4.45. The fourth-order valence-electron chi connectivity index (χ4n) is 1.67. The van der Waals surface area contributed by atoms with Crippen LogP contribution in [0.1, 0.15) is 5.56 Å². The summed E-state index contributed by atoms with van der Waals surface area (Å²) in [6.07, 6.45) is 2.14. The summed E-state index contributed by atoms with van der Waals surface area (Å²) in [4.78, 5) is 11.9. The van der Waals surface area contributed by atoms with Crippen molar-refractivity contribution >= 4 is 17.9 Å². The van der Waals surface area contributed by atoms with Gasteiger partial charge in [-0.3, -0.25) is 0 Å². The molecule has 1 N–H and O–H groups in total. The number of anilines is 1. The van der Waals surface area contributed by atoms with E-state index in [1.165, 1.54) is 17.1 Å². The molecule has 0 aliphatic rings. The summed E-state index contributed by atoms with van der Waals surface area (Å²) in [6, 6.07) is 15.0. The summed E-state index contributed by atoms with van der Waals surface area (Å²) in [5.74, 6) is -0.268. The Balaban J connectivity index is 1.85. The van der Waals surface area contributed by atoms with Gasteiger partial charge >= 0.3 is 6.03 Å². The first-order chi connectivity index (χ1) is 10.1. The van der Waals surface area contributed by atoms with E-state index in [0.29, 0.717) is 12.1 Å². The standard InChI is InChI=1S/C16H16FN3O/c1-20(16(21)19-15-5-3-2-4-6-15)18-12-11-13-7-9-14(17)10-8-13/h2-10,12H,11H2,1H3,(H,19,21)/b18-12+. The molecule has 108 valence electrons. The number of nitrogens with one attached hydrogen (secondary N) is 1. The number of amides is 2. The van der Waals surface area contributed by atoms with Crippen LogP contribution in [-0.2, 0) is 6.42 Å². The van der Waals surface area contributed by atoms with Crippen molar-refractivity contribution < 1.29 is 9.18 Å². The second kappa shape index (κ2) is 7.19. The van der Waals surface area contributed by atoms with Crippen molar-refractivity contribution in [3.05, 3.63) is 66.0 Å². The van der Waals surface area contributed by atoms with Gasteiger partial charge in [0.2, 0.25) is 0 Å². The molecule has 0 aliphatic carbocycles. The highest BCUT2D eigenvalue weighted by Gasteiger charge is 2.06. The van der Waals surface area contributed by atoms with Crippen molar-refractivity contribution in [3.8, 4) is 0 Å². The molecule has 0 atom stereocenters.